The fourth-order valence-electron chi connectivity index (χ4n) is 1.81. The maximum absolute atomic E-state index is 11.5. The molecule has 0 N–H and O–H groups in total. The topological polar surface area (TPSA) is 33.2 Å². The Bertz CT molecular complexity index is 415. The average Bonchev–Trinajstić information content (AvgIpc) is 3.05. The molecular formula is C13H19ClN2OS. The summed E-state index contributed by atoms with van der Waals surface area (Å²) in [6.07, 6.45) is 3.65. The number of anilines is 1. The molecule has 100 valence electrons. The van der Waals surface area contributed by atoms with E-state index in [-0.39, 0.29) is 11.7 Å². The highest BCUT2D eigenvalue weighted by Crippen LogP contribution is 2.34. The molecule has 1 aromatic rings. The first-order valence-corrected chi connectivity index (χ1v) is 7.84. The minimum absolute atomic E-state index is 0.0125. The van der Waals surface area contributed by atoms with Crippen molar-refractivity contribution in [3.8, 4) is 0 Å². The van der Waals surface area contributed by atoms with Crippen molar-refractivity contribution < 1.29 is 4.79 Å². The first-order valence-electron chi connectivity index (χ1n) is 6.43. The summed E-state index contributed by atoms with van der Waals surface area (Å²) < 4.78 is 0. The number of rotatable bonds is 7. The van der Waals surface area contributed by atoms with Crippen molar-refractivity contribution in [1.82, 2.24) is 4.98 Å². The standard InChI is InChI=1S/C13H19ClN2OS/c1-9(2)5-6-16(10-3-4-10)13-15-11(8-18-13)12(17)7-14/h8-10H,3-7H2,1-2H3. The smallest absolute Gasteiger partial charge is 0.196 e. The van der Waals surface area contributed by atoms with Crippen molar-refractivity contribution in [2.24, 2.45) is 5.92 Å². The van der Waals surface area contributed by atoms with Gasteiger partial charge in [0.2, 0.25) is 0 Å². The summed E-state index contributed by atoms with van der Waals surface area (Å²) >= 11 is 7.11. The number of aromatic nitrogens is 1. The van der Waals surface area contributed by atoms with Crippen LogP contribution in [-0.2, 0) is 0 Å². The molecule has 1 aromatic heterocycles. The number of ketones is 1. The Kier molecular flexibility index (Phi) is 4.62. The van der Waals surface area contributed by atoms with E-state index in [0.29, 0.717) is 17.7 Å². The third-order valence-electron chi connectivity index (χ3n) is 3.08. The van der Waals surface area contributed by atoms with Gasteiger partial charge in [-0.05, 0) is 25.2 Å². The van der Waals surface area contributed by atoms with Crippen molar-refractivity contribution in [1.29, 1.82) is 0 Å². The van der Waals surface area contributed by atoms with E-state index >= 15 is 0 Å². The Morgan fingerprint density at radius 2 is 2.33 bits per heavy atom. The van der Waals surface area contributed by atoms with Crippen LogP contribution in [0.3, 0.4) is 0 Å². The number of hydrogen-bond donors (Lipinski definition) is 0. The largest absolute Gasteiger partial charge is 0.345 e. The van der Waals surface area contributed by atoms with Crippen molar-refractivity contribution >= 4 is 33.9 Å². The maximum Gasteiger partial charge on any atom is 0.196 e. The normalized spacial score (nSPS) is 15.1. The minimum Gasteiger partial charge on any atom is -0.345 e. The second kappa shape index (κ2) is 6.02. The molecule has 18 heavy (non-hydrogen) atoms. The number of alkyl halides is 1. The molecule has 0 amide bonds. The molecule has 1 saturated carbocycles. The first kappa shape index (κ1) is 13.8. The van der Waals surface area contributed by atoms with Crippen LogP contribution in [0.4, 0.5) is 5.13 Å². The quantitative estimate of drug-likeness (QED) is 0.567. The molecule has 2 rings (SSSR count). The van der Waals surface area contributed by atoms with Crippen LogP contribution >= 0.6 is 22.9 Å². The van der Waals surface area contributed by atoms with Gasteiger partial charge in [-0.3, -0.25) is 4.79 Å². The van der Waals surface area contributed by atoms with Crippen LogP contribution in [0.1, 0.15) is 43.6 Å². The monoisotopic (exact) mass is 286 g/mol. The Hall–Kier alpha value is -0.610. The van der Waals surface area contributed by atoms with Crippen molar-refractivity contribution in [3.63, 3.8) is 0 Å². The van der Waals surface area contributed by atoms with Gasteiger partial charge in [-0.1, -0.05) is 13.8 Å². The van der Waals surface area contributed by atoms with Crippen LogP contribution in [-0.4, -0.2) is 29.2 Å². The van der Waals surface area contributed by atoms with E-state index in [4.69, 9.17) is 11.6 Å². The predicted octanol–water partition coefficient (Wildman–Crippen LogP) is 3.58. The zero-order valence-corrected chi connectivity index (χ0v) is 12.4. The molecule has 0 atom stereocenters. The van der Waals surface area contributed by atoms with Gasteiger partial charge in [0.1, 0.15) is 5.69 Å². The molecule has 0 unspecified atom stereocenters. The zero-order chi connectivity index (χ0) is 13.1. The molecule has 5 heteroatoms. The fourth-order valence-corrected chi connectivity index (χ4v) is 2.88. The van der Waals surface area contributed by atoms with Crippen molar-refractivity contribution in [2.45, 2.75) is 39.2 Å². The Morgan fingerprint density at radius 3 is 2.89 bits per heavy atom. The van der Waals surface area contributed by atoms with Gasteiger partial charge in [-0.15, -0.1) is 22.9 Å². The summed E-state index contributed by atoms with van der Waals surface area (Å²) in [4.78, 5) is 18.3. The molecule has 0 bridgehead atoms. The Labute approximate surface area is 117 Å². The fraction of sp³-hybridized carbons (Fsp3) is 0.692. The lowest BCUT2D eigenvalue weighted by molar-refractivity contribution is 0.101. The Morgan fingerprint density at radius 1 is 1.61 bits per heavy atom. The number of halogens is 1. The molecule has 1 aliphatic carbocycles. The van der Waals surface area contributed by atoms with Crippen molar-refractivity contribution in [2.75, 3.05) is 17.3 Å². The summed E-state index contributed by atoms with van der Waals surface area (Å²) in [6.45, 7) is 5.50. The number of Topliss-reactive ketones (excluding diaryl/α,β-unsaturated/α-hetero) is 1. The first-order chi connectivity index (χ1) is 8.61. The number of carbonyl (C=O) groups is 1. The molecule has 0 aliphatic heterocycles. The number of thiazole rings is 1. The lowest BCUT2D eigenvalue weighted by Gasteiger charge is -2.22. The van der Waals surface area contributed by atoms with Gasteiger partial charge in [-0.2, -0.15) is 0 Å². The van der Waals surface area contributed by atoms with Gasteiger partial charge in [0, 0.05) is 18.0 Å². The molecule has 1 heterocycles. The number of hydrogen-bond acceptors (Lipinski definition) is 4. The highest BCUT2D eigenvalue weighted by atomic mass is 35.5. The molecule has 1 aliphatic rings. The van der Waals surface area contributed by atoms with E-state index in [1.807, 2.05) is 5.38 Å². The molecule has 0 aromatic carbocycles. The van der Waals surface area contributed by atoms with Crippen LogP contribution in [0, 0.1) is 5.92 Å². The molecule has 1 fully saturated rings. The maximum atomic E-state index is 11.5. The van der Waals surface area contributed by atoms with Crippen LogP contribution in [0.5, 0.6) is 0 Å². The van der Waals surface area contributed by atoms with E-state index in [2.05, 4.69) is 23.7 Å². The van der Waals surface area contributed by atoms with Crippen molar-refractivity contribution in [3.05, 3.63) is 11.1 Å². The molecular weight excluding hydrogens is 268 g/mol. The highest BCUT2D eigenvalue weighted by Gasteiger charge is 2.31. The van der Waals surface area contributed by atoms with Gasteiger partial charge in [0.15, 0.2) is 10.9 Å². The number of nitrogens with zero attached hydrogens (tertiary/aromatic N) is 2. The summed E-state index contributed by atoms with van der Waals surface area (Å²) in [5, 5.41) is 2.80. The lowest BCUT2D eigenvalue weighted by atomic mass is 10.1. The van der Waals surface area contributed by atoms with E-state index in [9.17, 15) is 4.79 Å². The third-order valence-corrected chi connectivity index (χ3v) is 4.20. The SMILES string of the molecule is CC(C)CCN(c1nc(C(=O)CCl)cs1)C1CC1. The van der Waals surface area contributed by atoms with Gasteiger partial charge < -0.3 is 4.90 Å². The van der Waals surface area contributed by atoms with Gasteiger partial charge in [0.05, 0.1) is 5.88 Å². The second-order valence-electron chi connectivity index (χ2n) is 5.18. The molecule has 3 nitrogen and oxygen atoms in total. The molecule has 0 saturated heterocycles. The average molecular weight is 287 g/mol. The summed E-state index contributed by atoms with van der Waals surface area (Å²) in [7, 11) is 0. The third kappa shape index (κ3) is 3.45. The lowest BCUT2D eigenvalue weighted by Crippen LogP contribution is -2.27. The molecule has 0 spiro atoms. The number of carbonyl (C=O) groups excluding carboxylic acids is 1. The van der Waals surface area contributed by atoms with Crippen LogP contribution in [0.2, 0.25) is 0 Å². The van der Waals surface area contributed by atoms with E-state index in [1.54, 1.807) is 11.3 Å². The predicted molar refractivity (Wildman–Crippen MR) is 77.0 cm³/mol. The summed E-state index contributed by atoms with van der Waals surface area (Å²) in [5.74, 6) is 0.618. The molecule has 0 radical (unpaired) electrons. The van der Waals surface area contributed by atoms with Gasteiger partial charge in [0.25, 0.3) is 0 Å². The van der Waals surface area contributed by atoms with Gasteiger partial charge >= 0.3 is 0 Å². The van der Waals surface area contributed by atoms with Crippen LogP contribution in [0.25, 0.3) is 0 Å². The summed E-state index contributed by atoms with van der Waals surface area (Å²) in [5.41, 5.74) is 0.514. The van der Waals surface area contributed by atoms with E-state index < -0.39 is 0 Å². The minimum atomic E-state index is -0.0845. The van der Waals surface area contributed by atoms with Gasteiger partial charge in [-0.25, -0.2) is 4.98 Å². The van der Waals surface area contributed by atoms with Crippen LogP contribution < -0.4 is 4.90 Å². The van der Waals surface area contributed by atoms with E-state index in [0.717, 1.165) is 18.1 Å². The van der Waals surface area contributed by atoms with Crippen LogP contribution in [0.15, 0.2) is 5.38 Å². The highest BCUT2D eigenvalue weighted by molar-refractivity contribution is 7.14. The second-order valence-corrected chi connectivity index (χ2v) is 6.28. The summed E-state index contributed by atoms with van der Waals surface area (Å²) in [6, 6.07) is 0.633. The van der Waals surface area contributed by atoms with E-state index in [1.165, 1.54) is 12.8 Å². The Balaban J connectivity index is 2.05. The zero-order valence-electron chi connectivity index (χ0n) is 10.9.